The Hall–Kier alpha value is -1.16. The van der Waals surface area contributed by atoms with E-state index in [-0.39, 0.29) is 6.10 Å². The van der Waals surface area contributed by atoms with Gasteiger partial charge in [0.15, 0.2) is 0 Å². The van der Waals surface area contributed by atoms with Crippen LogP contribution in [-0.4, -0.2) is 22.6 Å². The molecular weight excluding hydrogens is 202 g/mol. The van der Waals surface area contributed by atoms with Gasteiger partial charge in [-0.2, -0.15) is 0 Å². The van der Waals surface area contributed by atoms with Crippen molar-refractivity contribution in [2.75, 3.05) is 6.54 Å². The number of nitrogens with one attached hydrogen (secondary N) is 1. The van der Waals surface area contributed by atoms with Gasteiger partial charge in [-0.15, -0.1) is 0 Å². The van der Waals surface area contributed by atoms with Crippen LogP contribution in [0.5, 0.6) is 5.88 Å². The van der Waals surface area contributed by atoms with E-state index in [0.717, 1.165) is 18.8 Å². The van der Waals surface area contributed by atoms with Crippen molar-refractivity contribution in [1.29, 1.82) is 0 Å². The second-order valence-electron chi connectivity index (χ2n) is 4.54. The monoisotopic (exact) mass is 223 g/mol. The van der Waals surface area contributed by atoms with Gasteiger partial charge in [0.25, 0.3) is 0 Å². The van der Waals surface area contributed by atoms with Gasteiger partial charge in [0.2, 0.25) is 5.88 Å². The van der Waals surface area contributed by atoms with Gasteiger partial charge in [-0.1, -0.05) is 13.8 Å². The minimum Gasteiger partial charge on any atom is -0.474 e. The molecule has 1 N–H and O–H groups in total. The number of nitrogens with zero attached hydrogens (tertiary/aromatic N) is 2. The first-order valence-corrected chi connectivity index (χ1v) is 5.76. The SMILES string of the molecule is CC(C)CNCc1cnc(OC(C)C)cn1. The standard InChI is InChI=1S/C12H21N3O/c1-9(2)5-13-6-11-7-15-12(8-14-11)16-10(3)4/h7-10,13H,5-6H2,1-4H3. The van der Waals surface area contributed by atoms with Crippen LogP contribution in [0.1, 0.15) is 33.4 Å². The molecule has 0 bridgehead atoms. The van der Waals surface area contributed by atoms with Crippen LogP contribution < -0.4 is 10.1 Å². The van der Waals surface area contributed by atoms with E-state index in [2.05, 4.69) is 29.1 Å². The lowest BCUT2D eigenvalue weighted by Crippen LogP contribution is -2.19. The quantitative estimate of drug-likeness (QED) is 0.801. The first kappa shape index (κ1) is 12.9. The highest BCUT2D eigenvalue weighted by molar-refractivity contribution is 5.07. The second-order valence-corrected chi connectivity index (χ2v) is 4.54. The summed E-state index contributed by atoms with van der Waals surface area (Å²) in [6, 6.07) is 0. The van der Waals surface area contributed by atoms with Crippen molar-refractivity contribution in [2.24, 2.45) is 5.92 Å². The van der Waals surface area contributed by atoms with Gasteiger partial charge in [0.1, 0.15) is 0 Å². The molecule has 0 aliphatic rings. The molecule has 16 heavy (non-hydrogen) atoms. The molecule has 0 saturated heterocycles. The normalized spacial score (nSPS) is 11.1. The van der Waals surface area contributed by atoms with Gasteiger partial charge in [0.05, 0.1) is 24.2 Å². The average Bonchev–Trinajstić information content (AvgIpc) is 2.19. The average molecular weight is 223 g/mol. The third-order valence-corrected chi connectivity index (χ3v) is 1.90. The summed E-state index contributed by atoms with van der Waals surface area (Å²) in [6.07, 6.45) is 3.57. The number of aromatic nitrogens is 2. The van der Waals surface area contributed by atoms with Gasteiger partial charge < -0.3 is 10.1 Å². The summed E-state index contributed by atoms with van der Waals surface area (Å²) in [5.41, 5.74) is 0.941. The van der Waals surface area contributed by atoms with Gasteiger partial charge in [0, 0.05) is 6.54 Å². The first-order valence-electron chi connectivity index (χ1n) is 5.76. The molecule has 90 valence electrons. The fourth-order valence-corrected chi connectivity index (χ4v) is 1.23. The minimum atomic E-state index is 0.138. The van der Waals surface area contributed by atoms with Crippen molar-refractivity contribution in [2.45, 2.75) is 40.3 Å². The molecule has 0 aromatic carbocycles. The van der Waals surface area contributed by atoms with Crippen molar-refractivity contribution < 1.29 is 4.74 Å². The van der Waals surface area contributed by atoms with Gasteiger partial charge in [-0.05, 0) is 26.3 Å². The van der Waals surface area contributed by atoms with E-state index in [0.29, 0.717) is 11.8 Å². The number of rotatable bonds is 6. The maximum absolute atomic E-state index is 5.42. The Morgan fingerprint density at radius 2 is 1.94 bits per heavy atom. The van der Waals surface area contributed by atoms with Crippen molar-refractivity contribution in [1.82, 2.24) is 15.3 Å². The Labute approximate surface area is 97.5 Å². The summed E-state index contributed by atoms with van der Waals surface area (Å²) in [6.45, 7) is 10.1. The molecule has 4 heteroatoms. The molecule has 4 nitrogen and oxygen atoms in total. The summed E-state index contributed by atoms with van der Waals surface area (Å²) < 4.78 is 5.42. The number of ether oxygens (including phenoxy) is 1. The Bertz CT molecular complexity index is 296. The molecule has 1 aromatic heterocycles. The van der Waals surface area contributed by atoms with Crippen LogP contribution in [0, 0.1) is 5.92 Å². The van der Waals surface area contributed by atoms with Crippen molar-refractivity contribution in [3.63, 3.8) is 0 Å². The number of hydrogen-bond donors (Lipinski definition) is 1. The first-order chi connectivity index (χ1) is 7.58. The summed E-state index contributed by atoms with van der Waals surface area (Å²) in [5.74, 6) is 1.24. The summed E-state index contributed by atoms with van der Waals surface area (Å²) in [4.78, 5) is 8.47. The number of hydrogen-bond acceptors (Lipinski definition) is 4. The highest BCUT2D eigenvalue weighted by Crippen LogP contribution is 2.06. The second kappa shape index (κ2) is 6.43. The Morgan fingerprint density at radius 1 is 1.19 bits per heavy atom. The molecule has 0 saturated carbocycles. The van der Waals surface area contributed by atoms with Gasteiger partial charge in [-0.3, -0.25) is 4.98 Å². The van der Waals surface area contributed by atoms with Crippen LogP contribution in [-0.2, 0) is 6.54 Å². The molecule has 1 aromatic rings. The smallest absolute Gasteiger partial charge is 0.232 e. The molecule has 0 amide bonds. The lowest BCUT2D eigenvalue weighted by atomic mass is 10.2. The van der Waals surface area contributed by atoms with Crippen molar-refractivity contribution in [3.05, 3.63) is 18.1 Å². The van der Waals surface area contributed by atoms with Gasteiger partial charge in [-0.25, -0.2) is 4.98 Å². The maximum atomic E-state index is 5.42. The molecular formula is C12H21N3O. The van der Waals surface area contributed by atoms with E-state index in [4.69, 9.17) is 4.74 Å². The minimum absolute atomic E-state index is 0.138. The van der Waals surface area contributed by atoms with Crippen LogP contribution in [0.4, 0.5) is 0 Å². The molecule has 0 aliphatic heterocycles. The van der Waals surface area contributed by atoms with Crippen LogP contribution in [0.15, 0.2) is 12.4 Å². The third-order valence-electron chi connectivity index (χ3n) is 1.90. The van der Waals surface area contributed by atoms with Gasteiger partial charge >= 0.3 is 0 Å². The zero-order valence-corrected chi connectivity index (χ0v) is 10.5. The van der Waals surface area contributed by atoms with Crippen LogP contribution in [0.2, 0.25) is 0 Å². The van der Waals surface area contributed by atoms with Crippen LogP contribution in [0.25, 0.3) is 0 Å². The lowest BCUT2D eigenvalue weighted by molar-refractivity contribution is 0.231. The van der Waals surface area contributed by atoms with Crippen molar-refractivity contribution in [3.8, 4) is 5.88 Å². The van der Waals surface area contributed by atoms with Crippen LogP contribution in [0.3, 0.4) is 0 Å². The zero-order valence-electron chi connectivity index (χ0n) is 10.5. The molecule has 0 radical (unpaired) electrons. The topological polar surface area (TPSA) is 47.0 Å². The Morgan fingerprint density at radius 3 is 2.44 bits per heavy atom. The van der Waals surface area contributed by atoms with Crippen LogP contribution >= 0.6 is 0 Å². The van der Waals surface area contributed by atoms with E-state index >= 15 is 0 Å². The van der Waals surface area contributed by atoms with E-state index in [1.54, 1.807) is 12.4 Å². The molecule has 0 atom stereocenters. The maximum Gasteiger partial charge on any atom is 0.232 e. The van der Waals surface area contributed by atoms with E-state index < -0.39 is 0 Å². The fraction of sp³-hybridized carbons (Fsp3) is 0.667. The molecule has 0 unspecified atom stereocenters. The highest BCUT2D eigenvalue weighted by atomic mass is 16.5. The summed E-state index contributed by atoms with van der Waals surface area (Å²) in [5, 5.41) is 3.32. The van der Waals surface area contributed by atoms with E-state index in [1.165, 1.54) is 0 Å². The molecule has 0 aliphatic carbocycles. The predicted molar refractivity (Wildman–Crippen MR) is 64.3 cm³/mol. The Kier molecular flexibility index (Phi) is 5.19. The Balaban J connectivity index is 2.39. The third kappa shape index (κ3) is 5.07. The van der Waals surface area contributed by atoms with Crippen molar-refractivity contribution >= 4 is 0 Å². The molecule has 1 rings (SSSR count). The summed E-state index contributed by atoms with van der Waals surface area (Å²) in [7, 11) is 0. The molecule has 0 spiro atoms. The molecule has 1 heterocycles. The fourth-order valence-electron chi connectivity index (χ4n) is 1.23. The summed E-state index contributed by atoms with van der Waals surface area (Å²) >= 11 is 0. The lowest BCUT2D eigenvalue weighted by Gasteiger charge is -2.09. The zero-order chi connectivity index (χ0) is 12.0. The largest absolute Gasteiger partial charge is 0.474 e. The molecule has 0 fully saturated rings. The highest BCUT2D eigenvalue weighted by Gasteiger charge is 2.01. The van der Waals surface area contributed by atoms with E-state index in [9.17, 15) is 0 Å². The predicted octanol–water partition coefficient (Wildman–Crippen LogP) is 2.01. The van der Waals surface area contributed by atoms with E-state index in [1.807, 2.05) is 13.8 Å².